The van der Waals surface area contributed by atoms with Gasteiger partial charge in [-0.2, -0.15) is 8.75 Å². The van der Waals surface area contributed by atoms with Crippen LogP contribution in [-0.2, 0) is 6.54 Å². The summed E-state index contributed by atoms with van der Waals surface area (Å²) in [5.74, 6) is -0.328. The van der Waals surface area contributed by atoms with Crippen molar-refractivity contribution in [2.75, 3.05) is 5.32 Å². The van der Waals surface area contributed by atoms with Crippen molar-refractivity contribution >= 4 is 51.7 Å². The Hall–Kier alpha value is -1.43. The smallest absolute Gasteiger partial charge is 0.129 e. The van der Waals surface area contributed by atoms with E-state index in [1.54, 1.807) is 6.07 Å². The zero-order valence-corrected chi connectivity index (χ0v) is 12.4. The number of nitrogens with zero attached hydrogens (tertiary/aromatic N) is 2. The lowest BCUT2D eigenvalue weighted by atomic mass is 10.2. The van der Waals surface area contributed by atoms with Gasteiger partial charge in [0.05, 0.1) is 22.4 Å². The first-order valence-corrected chi connectivity index (χ1v) is 7.22. The lowest BCUT2D eigenvalue weighted by molar-refractivity contribution is 0.626. The van der Waals surface area contributed by atoms with E-state index in [0.717, 1.165) is 17.2 Å². The minimum absolute atomic E-state index is 0.328. The van der Waals surface area contributed by atoms with Crippen LogP contribution in [0.25, 0.3) is 11.0 Å². The van der Waals surface area contributed by atoms with Gasteiger partial charge < -0.3 is 5.32 Å². The molecule has 0 bridgehead atoms. The number of fused-ring (bicyclic) bond motifs is 1. The van der Waals surface area contributed by atoms with E-state index < -0.39 is 0 Å². The van der Waals surface area contributed by atoms with E-state index in [1.807, 2.05) is 6.07 Å². The summed E-state index contributed by atoms with van der Waals surface area (Å²) in [7, 11) is 0. The van der Waals surface area contributed by atoms with Gasteiger partial charge in [0.2, 0.25) is 0 Å². The Bertz CT molecular complexity index is 775. The second-order valence-electron chi connectivity index (χ2n) is 4.14. The zero-order valence-electron chi connectivity index (χ0n) is 10.0. The first kappa shape index (κ1) is 13.5. The van der Waals surface area contributed by atoms with Crippen LogP contribution >= 0.6 is 34.9 Å². The van der Waals surface area contributed by atoms with Gasteiger partial charge in [0.25, 0.3) is 0 Å². The summed E-state index contributed by atoms with van der Waals surface area (Å²) < 4.78 is 21.6. The fourth-order valence-electron chi connectivity index (χ4n) is 1.86. The van der Waals surface area contributed by atoms with Crippen LogP contribution in [0.1, 0.15) is 5.56 Å². The Labute approximate surface area is 128 Å². The highest BCUT2D eigenvalue weighted by atomic mass is 35.5. The minimum atomic E-state index is -0.328. The molecule has 1 heterocycles. The summed E-state index contributed by atoms with van der Waals surface area (Å²) in [5.41, 5.74) is 2.81. The van der Waals surface area contributed by atoms with Crippen molar-refractivity contribution in [1.29, 1.82) is 0 Å². The van der Waals surface area contributed by atoms with E-state index in [0.29, 0.717) is 33.4 Å². The number of hydrogen-bond acceptors (Lipinski definition) is 4. The van der Waals surface area contributed by atoms with E-state index in [1.165, 1.54) is 18.2 Å². The third-order valence-electron chi connectivity index (χ3n) is 2.84. The molecule has 0 aliphatic rings. The van der Waals surface area contributed by atoms with E-state index in [4.69, 9.17) is 23.2 Å². The molecule has 0 fully saturated rings. The van der Waals surface area contributed by atoms with E-state index >= 15 is 0 Å². The lowest BCUT2D eigenvalue weighted by Crippen LogP contribution is -2.02. The number of halogens is 3. The topological polar surface area (TPSA) is 37.8 Å². The van der Waals surface area contributed by atoms with Gasteiger partial charge in [-0.15, -0.1) is 0 Å². The second-order valence-corrected chi connectivity index (χ2v) is 5.49. The quantitative estimate of drug-likeness (QED) is 0.754. The maximum Gasteiger partial charge on any atom is 0.129 e. The molecule has 0 spiro atoms. The van der Waals surface area contributed by atoms with E-state index in [-0.39, 0.29) is 5.82 Å². The maximum absolute atomic E-state index is 13.2. The predicted molar refractivity (Wildman–Crippen MR) is 81.2 cm³/mol. The molecule has 3 nitrogen and oxygen atoms in total. The van der Waals surface area contributed by atoms with Gasteiger partial charge in [-0.1, -0.05) is 23.2 Å². The average molecular weight is 328 g/mol. The Morgan fingerprint density at radius 2 is 1.90 bits per heavy atom. The monoisotopic (exact) mass is 327 g/mol. The number of nitrogens with one attached hydrogen (secondary N) is 1. The number of aromatic nitrogens is 2. The number of benzene rings is 2. The van der Waals surface area contributed by atoms with Gasteiger partial charge in [-0.3, -0.25) is 0 Å². The fourth-order valence-corrected chi connectivity index (χ4v) is 2.80. The molecule has 0 saturated heterocycles. The average Bonchev–Trinajstić information content (AvgIpc) is 2.90. The first-order chi connectivity index (χ1) is 9.65. The molecule has 7 heteroatoms. The summed E-state index contributed by atoms with van der Waals surface area (Å²) in [5, 5.41) is 4.19. The molecule has 3 aromatic rings. The van der Waals surface area contributed by atoms with Crippen LogP contribution in [-0.4, -0.2) is 8.75 Å². The van der Waals surface area contributed by atoms with Crippen molar-refractivity contribution in [2.24, 2.45) is 0 Å². The van der Waals surface area contributed by atoms with E-state index in [2.05, 4.69) is 14.1 Å². The molecule has 1 aromatic heterocycles. The number of hydrogen-bond donors (Lipinski definition) is 1. The van der Waals surface area contributed by atoms with Crippen LogP contribution in [0.3, 0.4) is 0 Å². The van der Waals surface area contributed by atoms with E-state index in [9.17, 15) is 4.39 Å². The van der Waals surface area contributed by atoms with Crippen molar-refractivity contribution in [3.63, 3.8) is 0 Å². The highest BCUT2D eigenvalue weighted by Gasteiger charge is 2.10. The molecule has 102 valence electrons. The summed E-state index contributed by atoms with van der Waals surface area (Å²) in [6.07, 6.45) is 0. The van der Waals surface area contributed by atoms with Gasteiger partial charge in [0, 0.05) is 11.6 Å². The van der Waals surface area contributed by atoms with Crippen LogP contribution in [0.2, 0.25) is 10.0 Å². The first-order valence-electron chi connectivity index (χ1n) is 5.74. The van der Waals surface area contributed by atoms with Crippen molar-refractivity contribution < 1.29 is 4.39 Å². The lowest BCUT2D eigenvalue weighted by Gasteiger charge is -2.10. The highest BCUT2D eigenvalue weighted by Crippen LogP contribution is 2.30. The van der Waals surface area contributed by atoms with Gasteiger partial charge in [0.1, 0.15) is 16.9 Å². The summed E-state index contributed by atoms with van der Waals surface area (Å²) in [6, 6.07) is 7.80. The number of rotatable bonds is 3. The highest BCUT2D eigenvalue weighted by molar-refractivity contribution is 7.00. The van der Waals surface area contributed by atoms with Gasteiger partial charge in [-0.25, -0.2) is 4.39 Å². The Morgan fingerprint density at radius 1 is 1.10 bits per heavy atom. The molecule has 0 saturated carbocycles. The molecule has 1 N–H and O–H groups in total. The van der Waals surface area contributed by atoms with Gasteiger partial charge in [0.15, 0.2) is 0 Å². The fraction of sp³-hybridized carbons (Fsp3) is 0.0769. The molecule has 0 radical (unpaired) electrons. The molecule has 2 aromatic carbocycles. The molecular formula is C13H8Cl2FN3S. The standard InChI is InChI=1S/C13H8Cl2FN3S/c14-9-2-1-8(16)5-7(9)6-17-12-10(15)3-4-11-13(12)19-20-18-11/h1-5,17H,6H2. The zero-order chi connectivity index (χ0) is 14.1. The van der Waals surface area contributed by atoms with Crippen molar-refractivity contribution in [2.45, 2.75) is 6.54 Å². The molecule has 0 amide bonds. The van der Waals surface area contributed by atoms with Crippen molar-refractivity contribution in [3.8, 4) is 0 Å². The molecular weight excluding hydrogens is 320 g/mol. The molecule has 0 aliphatic heterocycles. The minimum Gasteiger partial charge on any atom is -0.378 e. The van der Waals surface area contributed by atoms with Gasteiger partial charge >= 0.3 is 0 Å². The summed E-state index contributed by atoms with van der Waals surface area (Å²) >= 11 is 13.3. The van der Waals surface area contributed by atoms with Crippen LogP contribution in [0.5, 0.6) is 0 Å². The summed E-state index contributed by atoms with van der Waals surface area (Å²) in [4.78, 5) is 0. The predicted octanol–water partition coefficient (Wildman–Crippen LogP) is 4.75. The molecule has 3 rings (SSSR count). The van der Waals surface area contributed by atoms with Crippen LogP contribution in [0.4, 0.5) is 10.1 Å². The molecule has 0 atom stereocenters. The van der Waals surface area contributed by atoms with Crippen LogP contribution in [0, 0.1) is 5.82 Å². The second kappa shape index (κ2) is 5.52. The van der Waals surface area contributed by atoms with Crippen molar-refractivity contribution in [1.82, 2.24) is 8.75 Å². The van der Waals surface area contributed by atoms with Gasteiger partial charge in [-0.05, 0) is 35.9 Å². The SMILES string of the molecule is Fc1ccc(Cl)c(CNc2c(Cl)ccc3nsnc23)c1. The third kappa shape index (κ3) is 2.57. The Balaban J connectivity index is 1.92. The Kier molecular flexibility index (Phi) is 3.74. The Morgan fingerprint density at radius 3 is 2.75 bits per heavy atom. The number of anilines is 1. The van der Waals surface area contributed by atoms with Crippen molar-refractivity contribution in [3.05, 3.63) is 51.8 Å². The van der Waals surface area contributed by atoms with Crippen LogP contribution < -0.4 is 5.32 Å². The molecule has 20 heavy (non-hydrogen) atoms. The normalized spacial score (nSPS) is 10.9. The largest absolute Gasteiger partial charge is 0.378 e. The maximum atomic E-state index is 13.2. The molecule has 0 aliphatic carbocycles. The van der Waals surface area contributed by atoms with Crippen LogP contribution in [0.15, 0.2) is 30.3 Å². The summed E-state index contributed by atoms with van der Waals surface area (Å²) in [6.45, 7) is 0.354. The molecule has 0 unspecified atom stereocenters. The third-order valence-corrected chi connectivity index (χ3v) is 4.07.